The lowest BCUT2D eigenvalue weighted by Crippen LogP contribution is -2.17. The highest BCUT2D eigenvalue weighted by atomic mass is 19.4. The second-order valence-corrected chi connectivity index (χ2v) is 4.42. The number of aromatic nitrogens is 4. The highest BCUT2D eigenvalue weighted by molar-refractivity contribution is 5.93. The van der Waals surface area contributed by atoms with E-state index in [-0.39, 0.29) is 11.2 Å². The summed E-state index contributed by atoms with van der Waals surface area (Å²) in [6.07, 6.45) is -3.44. The summed E-state index contributed by atoms with van der Waals surface area (Å²) < 4.78 is 52.9. The van der Waals surface area contributed by atoms with Crippen LogP contribution in [-0.4, -0.2) is 25.9 Å². The van der Waals surface area contributed by atoms with Crippen LogP contribution in [0.4, 0.5) is 17.6 Å². The Kier molecular flexibility index (Phi) is 2.90. The lowest BCUT2D eigenvalue weighted by molar-refractivity contribution is -0.141. The number of fused-ring (bicyclic) bond motifs is 1. The zero-order valence-electron chi connectivity index (χ0n) is 10.6. The molecule has 0 radical (unpaired) electrons. The summed E-state index contributed by atoms with van der Waals surface area (Å²) in [5.41, 5.74) is 2.86. The minimum Gasteiger partial charge on any atom is -0.364 e. The monoisotopic (exact) mass is 313 g/mol. The van der Waals surface area contributed by atoms with Crippen LogP contribution in [0, 0.1) is 5.82 Å². The number of carbonyl (C=O) groups excluding carboxylic acids is 1. The molecule has 1 amide bonds. The summed E-state index contributed by atoms with van der Waals surface area (Å²) in [4.78, 5) is 11.4. The molecule has 0 fully saturated rings. The molecular weight excluding hydrogens is 306 g/mol. The highest BCUT2D eigenvalue weighted by Crippen LogP contribution is 2.31. The van der Waals surface area contributed by atoms with Gasteiger partial charge in [-0.2, -0.15) is 23.4 Å². The second kappa shape index (κ2) is 4.55. The maximum absolute atomic E-state index is 14.1. The molecule has 0 aliphatic heterocycles. The van der Waals surface area contributed by atoms with E-state index in [2.05, 4.69) is 15.3 Å². The van der Waals surface area contributed by atoms with Crippen molar-refractivity contribution in [2.75, 3.05) is 0 Å². The van der Waals surface area contributed by atoms with Gasteiger partial charge in [0.15, 0.2) is 11.5 Å². The molecule has 114 valence electrons. The molecule has 0 aliphatic rings. The molecule has 0 aliphatic carbocycles. The molecule has 0 atom stereocenters. The molecule has 3 rings (SSSR count). The first-order valence-corrected chi connectivity index (χ1v) is 5.88. The minimum absolute atomic E-state index is 0.0966. The van der Waals surface area contributed by atoms with E-state index in [9.17, 15) is 22.4 Å². The average Bonchev–Trinajstić information content (AvgIpc) is 3.03. The van der Waals surface area contributed by atoms with Crippen molar-refractivity contribution in [2.24, 2.45) is 5.73 Å². The quantitative estimate of drug-likeness (QED) is 0.709. The van der Waals surface area contributed by atoms with E-state index in [4.69, 9.17) is 5.73 Å². The van der Waals surface area contributed by atoms with Gasteiger partial charge in [0.25, 0.3) is 5.91 Å². The summed E-state index contributed by atoms with van der Waals surface area (Å²) in [5.74, 6) is -2.05. The molecule has 1 aromatic carbocycles. The normalized spacial score (nSPS) is 12.0. The van der Waals surface area contributed by atoms with Gasteiger partial charge in [0.2, 0.25) is 0 Å². The number of H-pyrrole nitrogens is 1. The topological polar surface area (TPSA) is 89.6 Å². The molecule has 0 spiro atoms. The van der Waals surface area contributed by atoms with Crippen LogP contribution >= 0.6 is 0 Å². The van der Waals surface area contributed by atoms with Gasteiger partial charge in [-0.1, -0.05) is 0 Å². The van der Waals surface area contributed by atoms with Gasteiger partial charge in [-0.3, -0.25) is 9.89 Å². The number of alkyl halides is 3. The Bertz CT molecular complexity index is 879. The van der Waals surface area contributed by atoms with E-state index in [1.165, 1.54) is 12.3 Å². The number of hydrogen-bond donors (Lipinski definition) is 2. The maximum Gasteiger partial charge on any atom is 0.435 e. The van der Waals surface area contributed by atoms with Crippen LogP contribution in [0.15, 0.2) is 24.4 Å². The Balaban J connectivity index is 2.35. The molecule has 2 heterocycles. The van der Waals surface area contributed by atoms with E-state index in [0.29, 0.717) is 16.1 Å². The van der Waals surface area contributed by atoms with Gasteiger partial charge in [0.1, 0.15) is 11.4 Å². The summed E-state index contributed by atoms with van der Waals surface area (Å²) >= 11 is 0. The van der Waals surface area contributed by atoms with Crippen molar-refractivity contribution >= 4 is 16.8 Å². The minimum atomic E-state index is -4.80. The Morgan fingerprint density at radius 2 is 2.05 bits per heavy atom. The highest BCUT2D eigenvalue weighted by Gasteiger charge is 2.36. The Morgan fingerprint density at radius 3 is 2.68 bits per heavy atom. The predicted octanol–water partition coefficient (Wildman–Crippen LogP) is 2.01. The molecule has 2 aromatic heterocycles. The molecule has 6 nitrogen and oxygen atoms in total. The van der Waals surface area contributed by atoms with Crippen molar-refractivity contribution in [1.29, 1.82) is 0 Å². The third-order valence-electron chi connectivity index (χ3n) is 3.00. The van der Waals surface area contributed by atoms with Crippen LogP contribution in [0.25, 0.3) is 16.6 Å². The zero-order chi connectivity index (χ0) is 16.1. The van der Waals surface area contributed by atoms with E-state index in [1.54, 1.807) is 0 Å². The fraction of sp³-hybridized carbons (Fsp3) is 0.0833. The molecule has 22 heavy (non-hydrogen) atoms. The third kappa shape index (κ3) is 2.08. The standard InChI is InChI=1S/C12H7F4N5O/c13-6-2-1-5-4-18-19-9(5)10(6)21-7(11(17)22)3-8(20-21)12(14,15)16/h1-4H,(H2,17,22)(H,18,19). The third-order valence-corrected chi connectivity index (χ3v) is 3.00. The number of rotatable bonds is 2. The number of halogens is 4. The average molecular weight is 313 g/mol. The van der Waals surface area contributed by atoms with Gasteiger partial charge in [0.05, 0.1) is 11.7 Å². The molecule has 10 heteroatoms. The van der Waals surface area contributed by atoms with Gasteiger partial charge >= 0.3 is 6.18 Å². The number of carbonyl (C=O) groups is 1. The van der Waals surface area contributed by atoms with E-state index < -0.39 is 29.3 Å². The van der Waals surface area contributed by atoms with Crippen LogP contribution in [0.1, 0.15) is 16.2 Å². The molecule has 0 bridgehead atoms. The fourth-order valence-electron chi connectivity index (χ4n) is 2.05. The van der Waals surface area contributed by atoms with Crippen LogP contribution in [0.2, 0.25) is 0 Å². The smallest absolute Gasteiger partial charge is 0.364 e. The Labute approximate surface area is 119 Å². The molecule has 0 unspecified atom stereocenters. The number of primary amides is 1. The first-order valence-electron chi connectivity index (χ1n) is 5.88. The maximum atomic E-state index is 14.1. The van der Waals surface area contributed by atoms with E-state index >= 15 is 0 Å². The summed E-state index contributed by atoms with van der Waals surface area (Å²) in [7, 11) is 0. The number of benzene rings is 1. The van der Waals surface area contributed by atoms with Gasteiger partial charge < -0.3 is 5.73 Å². The van der Waals surface area contributed by atoms with Crippen molar-refractivity contribution in [3.63, 3.8) is 0 Å². The number of aromatic amines is 1. The van der Waals surface area contributed by atoms with Crippen LogP contribution in [-0.2, 0) is 6.18 Å². The SMILES string of the molecule is NC(=O)c1cc(C(F)(F)F)nn1-c1c(F)ccc2cn[nH]c12. The molecule has 0 saturated heterocycles. The van der Waals surface area contributed by atoms with Crippen LogP contribution in [0.3, 0.4) is 0 Å². The van der Waals surface area contributed by atoms with Gasteiger partial charge in [-0.25, -0.2) is 9.07 Å². The second-order valence-electron chi connectivity index (χ2n) is 4.42. The first kappa shape index (κ1) is 14.0. The number of nitrogens with two attached hydrogens (primary N) is 1. The van der Waals surface area contributed by atoms with Crippen molar-refractivity contribution in [3.8, 4) is 5.69 Å². The largest absolute Gasteiger partial charge is 0.435 e. The molecular formula is C12H7F4N5O. The number of nitrogens with one attached hydrogen (secondary N) is 1. The lowest BCUT2D eigenvalue weighted by atomic mass is 10.2. The Hall–Kier alpha value is -2.91. The summed E-state index contributed by atoms with van der Waals surface area (Å²) in [6, 6.07) is 2.89. The first-order chi connectivity index (χ1) is 10.3. The predicted molar refractivity (Wildman–Crippen MR) is 66.7 cm³/mol. The molecule has 3 aromatic rings. The summed E-state index contributed by atoms with van der Waals surface area (Å²) in [5, 5.41) is 9.85. The van der Waals surface area contributed by atoms with Gasteiger partial charge in [-0.15, -0.1) is 0 Å². The molecule has 0 saturated carbocycles. The Morgan fingerprint density at radius 1 is 1.32 bits per heavy atom. The van der Waals surface area contributed by atoms with Crippen LogP contribution < -0.4 is 5.73 Å². The van der Waals surface area contributed by atoms with Gasteiger partial charge in [0, 0.05) is 11.5 Å². The number of hydrogen-bond acceptors (Lipinski definition) is 3. The van der Waals surface area contributed by atoms with E-state index in [0.717, 1.165) is 6.07 Å². The molecule has 3 N–H and O–H groups in total. The lowest BCUT2D eigenvalue weighted by Gasteiger charge is -2.07. The summed E-state index contributed by atoms with van der Waals surface area (Å²) in [6.45, 7) is 0. The number of amides is 1. The van der Waals surface area contributed by atoms with Crippen molar-refractivity contribution < 1.29 is 22.4 Å². The van der Waals surface area contributed by atoms with Crippen molar-refractivity contribution in [1.82, 2.24) is 20.0 Å². The fourth-order valence-corrected chi connectivity index (χ4v) is 2.05. The van der Waals surface area contributed by atoms with Crippen LogP contribution in [0.5, 0.6) is 0 Å². The zero-order valence-corrected chi connectivity index (χ0v) is 10.6. The number of nitrogens with zero attached hydrogens (tertiary/aromatic N) is 3. The van der Waals surface area contributed by atoms with Crippen molar-refractivity contribution in [3.05, 3.63) is 41.6 Å². The van der Waals surface area contributed by atoms with Gasteiger partial charge in [-0.05, 0) is 12.1 Å². The van der Waals surface area contributed by atoms with Crippen molar-refractivity contribution in [2.45, 2.75) is 6.18 Å². The van der Waals surface area contributed by atoms with E-state index in [1.807, 2.05) is 0 Å².